The lowest BCUT2D eigenvalue weighted by atomic mass is 10.2. The molecule has 0 aliphatic rings. The predicted molar refractivity (Wildman–Crippen MR) is 65.4 cm³/mol. The fourth-order valence-corrected chi connectivity index (χ4v) is 1.67. The molecule has 6 nitrogen and oxygen atoms in total. The fourth-order valence-electron chi connectivity index (χ4n) is 1.21. The van der Waals surface area contributed by atoms with E-state index in [1.807, 2.05) is 0 Å². The summed E-state index contributed by atoms with van der Waals surface area (Å²) in [4.78, 5) is 0. The van der Waals surface area contributed by atoms with Crippen molar-refractivity contribution in [3.8, 4) is 11.5 Å². The lowest BCUT2D eigenvalue weighted by Crippen LogP contribution is -1.90. The maximum atomic E-state index is 9.63. The van der Waals surface area contributed by atoms with E-state index in [0.29, 0.717) is 10.2 Å². The van der Waals surface area contributed by atoms with E-state index in [4.69, 9.17) is 4.74 Å². The summed E-state index contributed by atoms with van der Waals surface area (Å²) >= 11 is 3.23. The van der Waals surface area contributed by atoms with Crippen LogP contribution in [0.1, 0.15) is 5.56 Å². The second kappa shape index (κ2) is 4.96. The van der Waals surface area contributed by atoms with Crippen molar-refractivity contribution in [2.75, 3.05) is 7.11 Å². The van der Waals surface area contributed by atoms with Crippen LogP contribution in [0.5, 0.6) is 11.5 Å². The van der Waals surface area contributed by atoms with E-state index < -0.39 is 0 Å². The van der Waals surface area contributed by atoms with Gasteiger partial charge >= 0.3 is 0 Å². The van der Waals surface area contributed by atoms with Crippen LogP contribution in [0, 0.1) is 0 Å². The Morgan fingerprint density at radius 3 is 2.76 bits per heavy atom. The van der Waals surface area contributed by atoms with Crippen molar-refractivity contribution >= 4 is 22.1 Å². The molecule has 1 N–H and O–H groups in total. The average Bonchev–Trinajstić information content (AvgIpc) is 2.83. The van der Waals surface area contributed by atoms with Crippen molar-refractivity contribution in [3.05, 3.63) is 34.8 Å². The van der Waals surface area contributed by atoms with Gasteiger partial charge in [-0.25, -0.2) is 4.68 Å². The zero-order valence-corrected chi connectivity index (χ0v) is 10.5. The first-order valence-electron chi connectivity index (χ1n) is 4.66. The normalized spacial score (nSPS) is 10.9. The van der Waals surface area contributed by atoms with Crippen LogP contribution in [0.3, 0.4) is 0 Å². The van der Waals surface area contributed by atoms with E-state index in [0.717, 1.165) is 5.56 Å². The smallest absolute Gasteiger partial charge is 0.172 e. The molecule has 1 heterocycles. The first-order valence-corrected chi connectivity index (χ1v) is 5.45. The van der Waals surface area contributed by atoms with Crippen molar-refractivity contribution in [1.82, 2.24) is 14.9 Å². The van der Waals surface area contributed by atoms with Crippen LogP contribution in [0.4, 0.5) is 0 Å². The number of ether oxygens (including phenoxy) is 1. The van der Waals surface area contributed by atoms with Crippen molar-refractivity contribution in [1.29, 1.82) is 0 Å². The van der Waals surface area contributed by atoms with Crippen molar-refractivity contribution in [2.45, 2.75) is 0 Å². The van der Waals surface area contributed by atoms with Gasteiger partial charge in [0.2, 0.25) is 0 Å². The summed E-state index contributed by atoms with van der Waals surface area (Å²) in [7, 11) is 1.49. The summed E-state index contributed by atoms with van der Waals surface area (Å²) in [5.41, 5.74) is 0.778. The minimum absolute atomic E-state index is 0.0638. The van der Waals surface area contributed by atoms with E-state index in [9.17, 15) is 5.11 Å². The lowest BCUT2D eigenvalue weighted by Gasteiger charge is -2.06. The maximum Gasteiger partial charge on any atom is 0.172 e. The number of aromatic hydroxyl groups is 1. The van der Waals surface area contributed by atoms with Crippen molar-refractivity contribution in [2.24, 2.45) is 5.10 Å². The number of phenolic OH excluding ortho intramolecular Hbond substituents is 1. The second-order valence-corrected chi connectivity index (χ2v) is 3.99. The third kappa shape index (κ3) is 2.62. The summed E-state index contributed by atoms with van der Waals surface area (Å²) in [6.07, 6.45) is 4.56. The number of phenols is 1. The van der Waals surface area contributed by atoms with Crippen LogP contribution in [-0.2, 0) is 0 Å². The third-order valence-corrected chi connectivity index (χ3v) is 2.62. The van der Waals surface area contributed by atoms with Gasteiger partial charge in [0.15, 0.2) is 11.5 Å². The molecule has 0 spiro atoms. The highest BCUT2D eigenvalue weighted by molar-refractivity contribution is 9.10. The first kappa shape index (κ1) is 11.6. The Hall–Kier alpha value is -1.89. The van der Waals surface area contributed by atoms with Crippen LogP contribution in [0.15, 0.2) is 34.4 Å². The summed E-state index contributed by atoms with van der Waals surface area (Å²) in [5.74, 6) is 0.443. The number of halogens is 1. The number of nitrogens with zero attached hydrogens (tertiary/aromatic N) is 4. The zero-order chi connectivity index (χ0) is 12.3. The van der Waals surface area contributed by atoms with Crippen LogP contribution in [0.2, 0.25) is 0 Å². The molecule has 0 amide bonds. The van der Waals surface area contributed by atoms with E-state index in [-0.39, 0.29) is 5.75 Å². The molecule has 0 aliphatic carbocycles. The van der Waals surface area contributed by atoms with Crippen LogP contribution in [0.25, 0.3) is 0 Å². The molecule has 0 radical (unpaired) electrons. The first-order chi connectivity index (χ1) is 8.20. The zero-order valence-electron chi connectivity index (χ0n) is 8.91. The van der Waals surface area contributed by atoms with E-state index in [1.54, 1.807) is 18.3 Å². The molecule has 0 saturated carbocycles. The molecule has 2 aromatic rings. The molecule has 0 saturated heterocycles. The molecule has 0 bridgehead atoms. The maximum absolute atomic E-state index is 9.63. The van der Waals surface area contributed by atoms with E-state index >= 15 is 0 Å². The molecule has 0 unspecified atom stereocenters. The van der Waals surface area contributed by atoms with Crippen molar-refractivity contribution < 1.29 is 9.84 Å². The predicted octanol–water partition coefficient (Wildman–Crippen LogP) is 1.64. The standard InChI is InChI=1S/C10H9BrN4O2/c1-17-9-3-7(2-8(11)10(9)16)4-14-15-5-12-13-6-15/h2-6,16H,1H3/b14-4-. The van der Waals surface area contributed by atoms with Gasteiger partial charge in [0.25, 0.3) is 0 Å². The van der Waals surface area contributed by atoms with Crippen molar-refractivity contribution in [3.63, 3.8) is 0 Å². The Morgan fingerprint density at radius 1 is 1.41 bits per heavy atom. The monoisotopic (exact) mass is 296 g/mol. The van der Waals surface area contributed by atoms with Crippen LogP contribution < -0.4 is 4.74 Å². The highest BCUT2D eigenvalue weighted by Crippen LogP contribution is 2.34. The number of aromatic nitrogens is 3. The van der Waals surface area contributed by atoms with Gasteiger partial charge < -0.3 is 9.84 Å². The lowest BCUT2D eigenvalue weighted by molar-refractivity contribution is 0.372. The van der Waals surface area contributed by atoms with Gasteiger partial charge in [-0.15, -0.1) is 10.2 Å². The van der Waals surface area contributed by atoms with Gasteiger partial charge in [0.1, 0.15) is 12.7 Å². The molecule has 0 atom stereocenters. The summed E-state index contributed by atoms with van der Waals surface area (Å²) in [6.45, 7) is 0. The molecule has 2 rings (SSSR count). The quantitative estimate of drug-likeness (QED) is 0.874. The van der Waals surface area contributed by atoms with Gasteiger partial charge in [-0.1, -0.05) is 0 Å². The number of rotatable bonds is 3. The number of hydrogen-bond donors (Lipinski definition) is 1. The molecule has 1 aromatic heterocycles. The number of hydrogen-bond acceptors (Lipinski definition) is 5. The Bertz CT molecular complexity index is 539. The average molecular weight is 297 g/mol. The second-order valence-electron chi connectivity index (χ2n) is 3.14. The topological polar surface area (TPSA) is 72.5 Å². The molecule has 1 aromatic carbocycles. The van der Waals surface area contributed by atoms with Crippen LogP contribution in [-0.4, -0.2) is 33.3 Å². The molecule has 17 heavy (non-hydrogen) atoms. The van der Waals surface area contributed by atoms with Gasteiger partial charge in [-0.2, -0.15) is 5.10 Å². The Labute approximate surface area is 106 Å². The third-order valence-electron chi connectivity index (χ3n) is 2.02. The summed E-state index contributed by atoms with van der Waals surface area (Å²) in [6, 6.07) is 3.40. The molecule has 7 heteroatoms. The minimum atomic E-state index is 0.0638. The molecular formula is C10H9BrN4O2. The summed E-state index contributed by atoms with van der Waals surface area (Å²) in [5, 5.41) is 21.0. The van der Waals surface area contributed by atoms with E-state index in [2.05, 4.69) is 31.2 Å². The van der Waals surface area contributed by atoms with Gasteiger partial charge in [0, 0.05) is 0 Å². The highest BCUT2D eigenvalue weighted by atomic mass is 79.9. The van der Waals surface area contributed by atoms with Gasteiger partial charge in [-0.05, 0) is 33.6 Å². The Kier molecular flexibility index (Phi) is 3.38. The molecule has 0 fully saturated rings. The van der Waals surface area contributed by atoms with E-state index in [1.165, 1.54) is 24.4 Å². The Morgan fingerprint density at radius 2 is 2.12 bits per heavy atom. The fraction of sp³-hybridized carbons (Fsp3) is 0.100. The SMILES string of the molecule is COc1cc(/C=N\n2cnnc2)cc(Br)c1O. The molecule has 88 valence electrons. The van der Waals surface area contributed by atoms with Gasteiger partial charge in [-0.3, -0.25) is 0 Å². The van der Waals surface area contributed by atoms with Crippen LogP contribution >= 0.6 is 15.9 Å². The largest absolute Gasteiger partial charge is 0.503 e. The summed E-state index contributed by atoms with van der Waals surface area (Å²) < 4.78 is 7.04. The Balaban J connectivity index is 2.30. The highest BCUT2D eigenvalue weighted by Gasteiger charge is 2.07. The number of methoxy groups -OCH3 is 1. The number of benzene rings is 1. The van der Waals surface area contributed by atoms with Gasteiger partial charge in [0.05, 0.1) is 17.8 Å². The molecular weight excluding hydrogens is 288 g/mol. The minimum Gasteiger partial charge on any atom is -0.503 e. The molecule has 0 aliphatic heterocycles.